The summed E-state index contributed by atoms with van der Waals surface area (Å²) in [5, 5.41) is 12.6. The number of ether oxygens (including phenoxy) is 1. The summed E-state index contributed by atoms with van der Waals surface area (Å²) < 4.78 is 4.65. The Morgan fingerprint density at radius 3 is 2.57 bits per heavy atom. The minimum atomic E-state index is -0.902. The fraction of sp³-hybridized carbons (Fsp3) is 0.188. The summed E-state index contributed by atoms with van der Waals surface area (Å²) in [5.74, 6) is -0.392. The zero-order chi connectivity index (χ0) is 15.3. The number of nitrogens with one attached hydrogen (secondary N) is 1. The van der Waals surface area contributed by atoms with Crippen molar-refractivity contribution in [2.45, 2.75) is 12.5 Å². The molecule has 5 nitrogen and oxygen atoms in total. The van der Waals surface area contributed by atoms with Crippen molar-refractivity contribution in [3.63, 3.8) is 0 Å². The number of pyridine rings is 1. The molecule has 1 N–H and O–H groups in total. The predicted octanol–water partition coefficient (Wildman–Crippen LogP) is 2.72. The van der Waals surface area contributed by atoms with E-state index >= 15 is 0 Å². The van der Waals surface area contributed by atoms with Gasteiger partial charge >= 0.3 is 5.97 Å². The first-order valence-electron chi connectivity index (χ1n) is 6.37. The Bertz CT molecular complexity index is 662. The molecule has 0 saturated heterocycles. The molecule has 0 bridgehead atoms. The van der Waals surface area contributed by atoms with E-state index in [0.717, 1.165) is 11.3 Å². The zero-order valence-electron chi connectivity index (χ0n) is 11.8. The van der Waals surface area contributed by atoms with Crippen LogP contribution in [-0.4, -0.2) is 18.1 Å². The van der Waals surface area contributed by atoms with Crippen LogP contribution in [0.5, 0.6) is 0 Å². The summed E-state index contributed by atoms with van der Waals surface area (Å²) in [6.07, 6.45) is 3.31. The molecule has 21 heavy (non-hydrogen) atoms. The molecule has 0 radical (unpaired) electrons. The lowest BCUT2D eigenvalue weighted by Crippen LogP contribution is -2.30. The predicted molar refractivity (Wildman–Crippen MR) is 78.6 cm³/mol. The highest BCUT2D eigenvalue weighted by Gasteiger charge is 2.26. The molecule has 106 valence electrons. The highest BCUT2D eigenvalue weighted by atomic mass is 16.5. The van der Waals surface area contributed by atoms with E-state index < -0.39 is 11.5 Å². The first-order chi connectivity index (χ1) is 10.1. The number of anilines is 1. The van der Waals surface area contributed by atoms with Gasteiger partial charge in [-0.2, -0.15) is 5.26 Å². The standard InChI is InChI=1S/C16H15N3O2/c1-16(11-17,13-4-3-9-18-10-13)19-14-7-5-12(6-8-14)15(20)21-2/h3-10,19H,1-2H3. The van der Waals surface area contributed by atoms with E-state index in [2.05, 4.69) is 21.1 Å². The maximum absolute atomic E-state index is 11.4. The summed E-state index contributed by atoms with van der Waals surface area (Å²) in [7, 11) is 1.34. The number of aromatic nitrogens is 1. The zero-order valence-corrected chi connectivity index (χ0v) is 11.8. The highest BCUT2D eigenvalue weighted by Crippen LogP contribution is 2.25. The molecule has 1 unspecified atom stereocenters. The van der Waals surface area contributed by atoms with Gasteiger partial charge in [-0.15, -0.1) is 0 Å². The Kier molecular flexibility index (Phi) is 4.19. The van der Waals surface area contributed by atoms with Crippen LogP contribution < -0.4 is 5.32 Å². The fourth-order valence-corrected chi connectivity index (χ4v) is 1.92. The molecule has 0 aliphatic heterocycles. The molecule has 0 aliphatic carbocycles. The third-order valence-corrected chi connectivity index (χ3v) is 3.16. The van der Waals surface area contributed by atoms with E-state index in [1.54, 1.807) is 49.6 Å². The Morgan fingerprint density at radius 2 is 2.05 bits per heavy atom. The lowest BCUT2D eigenvalue weighted by atomic mass is 9.95. The van der Waals surface area contributed by atoms with Crippen molar-refractivity contribution in [3.8, 4) is 6.07 Å². The molecule has 5 heteroatoms. The fourth-order valence-electron chi connectivity index (χ4n) is 1.92. The van der Waals surface area contributed by atoms with Gasteiger partial charge in [0.2, 0.25) is 0 Å². The SMILES string of the molecule is COC(=O)c1ccc(NC(C)(C#N)c2cccnc2)cc1. The van der Waals surface area contributed by atoms with Crippen LogP contribution in [0.1, 0.15) is 22.8 Å². The van der Waals surface area contributed by atoms with Crippen LogP contribution in [-0.2, 0) is 10.3 Å². The largest absolute Gasteiger partial charge is 0.465 e. The van der Waals surface area contributed by atoms with Crippen LogP contribution in [0.25, 0.3) is 0 Å². The Morgan fingerprint density at radius 1 is 1.33 bits per heavy atom. The first-order valence-corrected chi connectivity index (χ1v) is 6.37. The number of hydrogen-bond donors (Lipinski definition) is 1. The monoisotopic (exact) mass is 281 g/mol. The summed E-state index contributed by atoms with van der Waals surface area (Å²) in [5.41, 5.74) is 1.06. The number of methoxy groups -OCH3 is 1. The number of esters is 1. The van der Waals surface area contributed by atoms with Gasteiger partial charge in [0, 0.05) is 23.6 Å². The molecule has 1 aromatic heterocycles. The topological polar surface area (TPSA) is 75.0 Å². The minimum Gasteiger partial charge on any atom is -0.465 e. The third kappa shape index (κ3) is 3.18. The van der Waals surface area contributed by atoms with Gasteiger partial charge in [-0.05, 0) is 37.3 Å². The van der Waals surface area contributed by atoms with E-state index in [0.29, 0.717) is 5.56 Å². The Hall–Kier alpha value is -2.87. The number of nitrogens with zero attached hydrogens (tertiary/aromatic N) is 2. The first kappa shape index (κ1) is 14.5. The van der Waals surface area contributed by atoms with Gasteiger partial charge < -0.3 is 10.1 Å². The second kappa shape index (κ2) is 6.06. The smallest absolute Gasteiger partial charge is 0.337 e. The van der Waals surface area contributed by atoms with Crippen LogP contribution in [0, 0.1) is 11.3 Å². The van der Waals surface area contributed by atoms with Crippen LogP contribution in [0.2, 0.25) is 0 Å². The molecule has 0 fully saturated rings. The quantitative estimate of drug-likeness (QED) is 0.872. The average Bonchev–Trinajstić information content (AvgIpc) is 2.55. The van der Waals surface area contributed by atoms with Crippen molar-refractivity contribution in [2.75, 3.05) is 12.4 Å². The average molecular weight is 281 g/mol. The number of carbonyl (C=O) groups excluding carboxylic acids is 1. The second-order valence-corrected chi connectivity index (χ2v) is 4.67. The van der Waals surface area contributed by atoms with Gasteiger partial charge in [0.15, 0.2) is 0 Å². The van der Waals surface area contributed by atoms with Gasteiger partial charge in [0.05, 0.1) is 18.7 Å². The second-order valence-electron chi connectivity index (χ2n) is 4.67. The molecule has 0 saturated carbocycles. The molecule has 0 amide bonds. The minimum absolute atomic E-state index is 0.392. The maximum atomic E-state index is 11.4. The van der Waals surface area contributed by atoms with Gasteiger partial charge in [-0.3, -0.25) is 4.98 Å². The molecule has 1 atom stereocenters. The van der Waals surface area contributed by atoms with E-state index in [-0.39, 0.29) is 0 Å². The van der Waals surface area contributed by atoms with E-state index in [9.17, 15) is 10.1 Å². The highest BCUT2D eigenvalue weighted by molar-refractivity contribution is 5.89. The Labute approximate surface area is 123 Å². The van der Waals surface area contributed by atoms with Crippen molar-refractivity contribution < 1.29 is 9.53 Å². The van der Waals surface area contributed by atoms with Crippen LogP contribution in [0.4, 0.5) is 5.69 Å². The molecule has 0 spiro atoms. The van der Waals surface area contributed by atoms with Crippen molar-refractivity contribution >= 4 is 11.7 Å². The number of rotatable bonds is 4. The van der Waals surface area contributed by atoms with Crippen LogP contribution in [0.3, 0.4) is 0 Å². The van der Waals surface area contributed by atoms with Gasteiger partial charge in [-0.1, -0.05) is 6.07 Å². The molecule has 0 aliphatic rings. The number of nitriles is 1. The van der Waals surface area contributed by atoms with Crippen molar-refractivity contribution in [1.82, 2.24) is 4.98 Å². The Balaban J connectivity index is 2.24. The summed E-state index contributed by atoms with van der Waals surface area (Å²) in [6, 6.07) is 12.6. The molecule has 2 rings (SSSR count). The number of carbonyl (C=O) groups is 1. The molecular weight excluding hydrogens is 266 g/mol. The van der Waals surface area contributed by atoms with Crippen molar-refractivity contribution in [2.24, 2.45) is 0 Å². The van der Waals surface area contributed by atoms with Crippen LogP contribution >= 0.6 is 0 Å². The lowest BCUT2D eigenvalue weighted by Gasteiger charge is -2.24. The summed E-state index contributed by atoms with van der Waals surface area (Å²) in [4.78, 5) is 15.4. The van der Waals surface area contributed by atoms with Crippen molar-refractivity contribution in [1.29, 1.82) is 5.26 Å². The van der Waals surface area contributed by atoms with Gasteiger partial charge in [-0.25, -0.2) is 4.79 Å². The van der Waals surface area contributed by atoms with Crippen LogP contribution in [0.15, 0.2) is 48.8 Å². The van der Waals surface area contributed by atoms with E-state index in [1.165, 1.54) is 7.11 Å². The molecular formula is C16H15N3O2. The molecule has 1 heterocycles. The maximum Gasteiger partial charge on any atom is 0.337 e. The van der Waals surface area contributed by atoms with Crippen molar-refractivity contribution in [3.05, 3.63) is 59.9 Å². The van der Waals surface area contributed by atoms with E-state index in [1.807, 2.05) is 6.07 Å². The normalized spacial score (nSPS) is 12.8. The lowest BCUT2D eigenvalue weighted by molar-refractivity contribution is 0.0601. The van der Waals surface area contributed by atoms with E-state index in [4.69, 9.17) is 0 Å². The number of benzene rings is 1. The van der Waals surface area contributed by atoms with Gasteiger partial charge in [0.25, 0.3) is 0 Å². The number of hydrogen-bond acceptors (Lipinski definition) is 5. The summed E-state index contributed by atoms with van der Waals surface area (Å²) in [6.45, 7) is 1.78. The molecule has 2 aromatic rings. The summed E-state index contributed by atoms with van der Waals surface area (Å²) >= 11 is 0. The molecule has 1 aromatic carbocycles. The third-order valence-electron chi connectivity index (χ3n) is 3.16. The van der Waals surface area contributed by atoms with Gasteiger partial charge in [0.1, 0.15) is 5.54 Å².